The average molecular weight is 230 g/mol. The highest BCUT2D eigenvalue weighted by atomic mass is 15.2. The van der Waals surface area contributed by atoms with Gasteiger partial charge in [0.2, 0.25) is 0 Å². The number of nitrogens with zero attached hydrogens (tertiary/aromatic N) is 4. The topological polar surface area (TPSA) is 52.8 Å². The summed E-state index contributed by atoms with van der Waals surface area (Å²) in [6.45, 7) is 4.37. The van der Waals surface area contributed by atoms with E-state index in [1.807, 2.05) is 6.07 Å². The first-order valence-electron chi connectivity index (χ1n) is 6.30. The fourth-order valence-corrected chi connectivity index (χ4v) is 2.34. The highest BCUT2D eigenvalue weighted by molar-refractivity contribution is 5.37. The van der Waals surface area contributed by atoms with Crippen LogP contribution >= 0.6 is 0 Å². The zero-order valence-corrected chi connectivity index (χ0v) is 10.3. The number of aromatic nitrogens is 2. The van der Waals surface area contributed by atoms with Gasteiger partial charge in [-0.25, -0.2) is 9.97 Å². The molecule has 1 unspecified atom stereocenters. The van der Waals surface area contributed by atoms with E-state index in [2.05, 4.69) is 21.8 Å². The largest absolute Gasteiger partial charge is 0.355 e. The first-order valence-corrected chi connectivity index (χ1v) is 6.30. The summed E-state index contributed by atoms with van der Waals surface area (Å²) in [5.74, 6) is 1.76. The summed E-state index contributed by atoms with van der Waals surface area (Å²) >= 11 is 0. The number of hydrogen-bond acceptors (Lipinski definition) is 4. The molecule has 17 heavy (non-hydrogen) atoms. The summed E-state index contributed by atoms with van der Waals surface area (Å²) in [6, 6.07) is 1.99. The molecule has 1 aliphatic heterocycles. The highest BCUT2D eigenvalue weighted by Crippen LogP contribution is 2.22. The Morgan fingerprint density at radius 2 is 2.24 bits per heavy atom. The van der Waals surface area contributed by atoms with E-state index in [0.717, 1.165) is 24.8 Å². The van der Waals surface area contributed by atoms with Crippen molar-refractivity contribution in [2.45, 2.75) is 32.6 Å². The van der Waals surface area contributed by atoms with E-state index in [4.69, 9.17) is 5.26 Å². The lowest BCUT2D eigenvalue weighted by Crippen LogP contribution is -2.25. The van der Waals surface area contributed by atoms with Crippen LogP contribution in [0.2, 0.25) is 0 Å². The van der Waals surface area contributed by atoms with Crippen LogP contribution in [0.15, 0.2) is 12.4 Å². The van der Waals surface area contributed by atoms with Crippen LogP contribution in [0.25, 0.3) is 0 Å². The molecular formula is C13H18N4. The Labute approximate surface area is 102 Å². The second-order valence-electron chi connectivity index (χ2n) is 4.56. The summed E-state index contributed by atoms with van der Waals surface area (Å²) in [5, 5.41) is 8.68. The molecule has 1 aliphatic rings. The first-order chi connectivity index (χ1) is 8.33. The van der Waals surface area contributed by atoms with Crippen molar-refractivity contribution in [1.82, 2.24) is 9.97 Å². The van der Waals surface area contributed by atoms with E-state index in [1.165, 1.54) is 25.7 Å². The highest BCUT2D eigenvalue weighted by Gasteiger charge is 2.16. The van der Waals surface area contributed by atoms with Gasteiger partial charge in [-0.05, 0) is 25.2 Å². The Kier molecular flexibility index (Phi) is 3.92. The smallest absolute Gasteiger partial charge is 0.158 e. The monoisotopic (exact) mass is 230 g/mol. The van der Waals surface area contributed by atoms with E-state index in [-0.39, 0.29) is 0 Å². The molecule has 4 heteroatoms. The molecular weight excluding hydrogens is 212 g/mol. The molecule has 0 amide bonds. The maximum Gasteiger partial charge on any atom is 0.158 e. The molecule has 1 aromatic rings. The normalized spacial score (nSPS) is 20.7. The number of anilines is 1. The van der Waals surface area contributed by atoms with E-state index in [1.54, 1.807) is 12.4 Å². The van der Waals surface area contributed by atoms with Crippen LogP contribution in [-0.2, 0) is 0 Å². The third kappa shape index (κ3) is 2.94. The van der Waals surface area contributed by atoms with Crippen molar-refractivity contribution in [3.05, 3.63) is 18.1 Å². The van der Waals surface area contributed by atoms with Crippen molar-refractivity contribution in [3.8, 4) is 6.07 Å². The van der Waals surface area contributed by atoms with Gasteiger partial charge >= 0.3 is 0 Å². The summed E-state index contributed by atoms with van der Waals surface area (Å²) in [4.78, 5) is 10.7. The summed E-state index contributed by atoms with van der Waals surface area (Å²) in [7, 11) is 0. The molecule has 0 radical (unpaired) electrons. The van der Waals surface area contributed by atoms with Gasteiger partial charge in [-0.15, -0.1) is 0 Å². The molecule has 0 bridgehead atoms. The van der Waals surface area contributed by atoms with E-state index >= 15 is 0 Å². The first kappa shape index (κ1) is 11.8. The minimum Gasteiger partial charge on any atom is -0.355 e. The summed E-state index contributed by atoms with van der Waals surface area (Å²) in [6.07, 6.45) is 8.31. The van der Waals surface area contributed by atoms with Gasteiger partial charge in [0.05, 0.1) is 12.4 Å². The zero-order valence-electron chi connectivity index (χ0n) is 10.3. The predicted molar refractivity (Wildman–Crippen MR) is 66.6 cm³/mol. The Morgan fingerprint density at radius 3 is 2.88 bits per heavy atom. The SMILES string of the molecule is CCC1CCCN(c2cnc(C#N)cn2)CC1. The Hall–Kier alpha value is -1.63. The van der Waals surface area contributed by atoms with Crippen LogP contribution in [0.5, 0.6) is 0 Å². The molecule has 0 N–H and O–H groups in total. The van der Waals surface area contributed by atoms with Crippen LogP contribution in [0, 0.1) is 17.2 Å². The molecule has 1 aromatic heterocycles. The second kappa shape index (κ2) is 5.62. The lowest BCUT2D eigenvalue weighted by Gasteiger charge is -2.20. The Bertz CT molecular complexity index is 393. The van der Waals surface area contributed by atoms with Crippen molar-refractivity contribution >= 4 is 5.82 Å². The summed E-state index contributed by atoms with van der Waals surface area (Å²) < 4.78 is 0. The lowest BCUT2D eigenvalue weighted by atomic mass is 9.98. The van der Waals surface area contributed by atoms with Crippen molar-refractivity contribution in [3.63, 3.8) is 0 Å². The molecule has 4 nitrogen and oxygen atoms in total. The number of nitriles is 1. The van der Waals surface area contributed by atoms with Crippen LogP contribution in [0.4, 0.5) is 5.82 Å². The second-order valence-corrected chi connectivity index (χ2v) is 4.56. The molecule has 1 saturated heterocycles. The Morgan fingerprint density at radius 1 is 1.35 bits per heavy atom. The van der Waals surface area contributed by atoms with Crippen LogP contribution in [-0.4, -0.2) is 23.1 Å². The van der Waals surface area contributed by atoms with Crippen LogP contribution in [0.3, 0.4) is 0 Å². The molecule has 2 heterocycles. The third-order valence-corrected chi connectivity index (χ3v) is 3.50. The van der Waals surface area contributed by atoms with Gasteiger partial charge in [0.1, 0.15) is 11.9 Å². The maximum atomic E-state index is 8.68. The van der Waals surface area contributed by atoms with Gasteiger partial charge in [0, 0.05) is 13.1 Å². The van der Waals surface area contributed by atoms with Gasteiger partial charge in [-0.3, -0.25) is 0 Å². The van der Waals surface area contributed by atoms with Crippen LogP contribution in [0.1, 0.15) is 38.3 Å². The number of hydrogen-bond donors (Lipinski definition) is 0. The van der Waals surface area contributed by atoms with E-state index in [0.29, 0.717) is 5.69 Å². The molecule has 0 aromatic carbocycles. The minimum absolute atomic E-state index is 0.384. The molecule has 1 atom stereocenters. The molecule has 2 rings (SSSR count). The van der Waals surface area contributed by atoms with E-state index < -0.39 is 0 Å². The van der Waals surface area contributed by atoms with Gasteiger partial charge in [-0.2, -0.15) is 5.26 Å². The summed E-state index contributed by atoms with van der Waals surface area (Å²) in [5.41, 5.74) is 0.384. The predicted octanol–water partition coefficient (Wildman–Crippen LogP) is 2.36. The molecule has 0 spiro atoms. The van der Waals surface area contributed by atoms with Gasteiger partial charge in [0.15, 0.2) is 5.69 Å². The van der Waals surface area contributed by atoms with E-state index in [9.17, 15) is 0 Å². The third-order valence-electron chi connectivity index (χ3n) is 3.50. The van der Waals surface area contributed by atoms with Crippen molar-refractivity contribution in [2.24, 2.45) is 5.92 Å². The lowest BCUT2D eigenvalue weighted by molar-refractivity contribution is 0.459. The van der Waals surface area contributed by atoms with Crippen molar-refractivity contribution < 1.29 is 0 Å². The molecule has 90 valence electrons. The standard InChI is InChI=1S/C13H18N4/c1-2-11-4-3-6-17(7-5-11)13-10-15-12(8-14)9-16-13/h9-11H,2-7H2,1H3. The molecule has 0 saturated carbocycles. The maximum absolute atomic E-state index is 8.68. The fraction of sp³-hybridized carbons (Fsp3) is 0.615. The van der Waals surface area contributed by atoms with Gasteiger partial charge in [-0.1, -0.05) is 13.3 Å². The quantitative estimate of drug-likeness (QED) is 0.782. The van der Waals surface area contributed by atoms with Gasteiger partial charge in [0.25, 0.3) is 0 Å². The van der Waals surface area contributed by atoms with Crippen molar-refractivity contribution in [1.29, 1.82) is 5.26 Å². The average Bonchev–Trinajstić information content (AvgIpc) is 2.64. The Balaban J connectivity index is 2.04. The fourth-order valence-electron chi connectivity index (χ4n) is 2.34. The number of rotatable bonds is 2. The zero-order chi connectivity index (χ0) is 12.1. The van der Waals surface area contributed by atoms with Crippen LogP contribution < -0.4 is 4.90 Å². The van der Waals surface area contributed by atoms with Crippen molar-refractivity contribution in [2.75, 3.05) is 18.0 Å². The molecule has 0 aliphatic carbocycles. The minimum atomic E-state index is 0.384. The van der Waals surface area contributed by atoms with Gasteiger partial charge < -0.3 is 4.90 Å². The molecule has 1 fully saturated rings.